The van der Waals surface area contributed by atoms with Gasteiger partial charge in [-0.2, -0.15) is 0 Å². The molecule has 2 atom stereocenters. The first-order chi connectivity index (χ1) is 6.49. The van der Waals surface area contributed by atoms with Crippen LogP contribution in [0.15, 0.2) is 0 Å². The molecule has 4 nitrogen and oxygen atoms in total. The third-order valence-electron chi connectivity index (χ3n) is 3.41. The van der Waals surface area contributed by atoms with Crippen molar-refractivity contribution in [1.29, 1.82) is 0 Å². The van der Waals surface area contributed by atoms with Crippen LogP contribution in [0.2, 0.25) is 0 Å². The summed E-state index contributed by atoms with van der Waals surface area (Å²) in [5.41, 5.74) is -0.630. The molecule has 0 radical (unpaired) electrons. The number of carboxylic acids is 2. The van der Waals surface area contributed by atoms with E-state index in [4.69, 9.17) is 10.2 Å². The number of hydrogen-bond acceptors (Lipinski definition) is 2. The van der Waals surface area contributed by atoms with E-state index < -0.39 is 17.4 Å². The highest BCUT2D eigenvalue weighted by Crippen LogP contribution is 2.50. The molecule has 0 aliphatic heterocycles. The Hall–Kier alpha value is -1.06. The van der Waals surface area contributed by atoms with Crippen molar-refractivity contribution in [1.82, 2.24) is 0 Å². The second-order valence-electron chi connectivity index (χ2n) is 4.15. The molecule has 1 aliphatic carbocycles. The van der Waals surface area contributed by atoms with Gasteiger partial charge in [-0.1, -0.05) is 6.92 Å². The number of carboxylic acid groups (broad SMARTS) is 2. The summed E-state index contributed by atoms with van der Waals surface area (Å²) in [5.74, 6) is -1.42. The molecule has 1 rings (SSSR count). The maximum atomic E-state index is 11.0. The van der Waals surface area contributed by atoms with Crippen LogP contribution >= 0.6 is 0 Å². The van der Waals surface area contributed by atoms with E-state index in [2.05, 4.69) is 0 Å². The Morgan fingerprint density at radius 3 is 2.36 bits per heavy atom. The first kappa shape index (κ1) is 11.0. The monoisotopic (exact) mass is 200 g/mol. The fourth-order valence-corrected chi connectivity index (χ4v) is 2.13. The van der Waals surface area contributed by atoms with Crippen LogP contribution in [0.25, 0.3) is 0 Å². The van der Waals surface area contributed by atoms with Crippen molar-refractivity contribution in [3.05, 3.63) is 0 Å². The molecule has 0 spiro atoms. The molecule has 4 heteroatoms. The van der Waals surface area contributed by atoms with Crippen molar-refractivity contribution in [2.45, 2.75) is 39.0 Å². The molecule has 2 N–H and O–H groups in total. The van der Waals surface area contributed by atoms with Crippen LogP contribution in [-0.4, -0.2) is 22.2 Å². The van der Waals surface area contributed by atoms with E-state index >= 15 is 0 Å². The summed E-state index contributed by atoms with van der Waals surface area (Å²) in [6.07, 6.45) is 2.67. The van der Waals surface area contributed by atoms with Crippen molar-refractivity contribution in [2.24, 2.45) is 11.3 Å². The predicted octanol–water partition coefficient (Wildman–Crippen LogP) is 1.74. The number of hydrogen-bond donors (Lipinski definition) is 2. The Labute approximate surface area is 82.9 Å². The lowest BCUT2D eigenvalue weighted by atomic mass is 9.58. The van der Waals surface area contributed by atoms with Crippen LogP contribution in [0.4, 0.5) is 0 Å². The molecule has 0 bridgehead atoms. The molecule has 0 aromatic rings. The third-order valence-corrected chi connectivity index (χ3v) is 3.41. The predicted molar refractivity (Wildman–Crippen MR) is 50.0 cm³/mol. The van der Waals surface area contributed by atoms with Crippen molar-refractivity contribution in [3.63, 3.8) is 0 Å². The molecule has 0 saturated heterocycles. The highest BCUT2D eigenvalue weighted by atomic mass is 16.4. The summed E-state index contributed by atoms with van der Waals surface area (Å²) < 4.78 is 0. The van der Waals surface area contributed by atoms with Gasteiger partial charge in [0, 0.05) is 6.42 Å². The zero-order chi connectivity index (χ0) is 10.8. The van der Waals surface area contributed by atoms with Gasteiger partial charge in [-0.15, -0.1) is 0 Å². The second-order valence-corrected chi connectivity index (χ2v) is 4.15. The van der Waals surface area contributed by atoms with Crippen molar-refractivity contribution in [3.8, 4) is 0 Å². The smallest absolute Gasteiger partial charge is 0.309 e. The summed E-state index contributed by atoms with van der Waals surface area (Å²) in [6, 6.07) is 0. The maximum absolute atomic E-state index is 11.0. The quantitative estimate of drug-likeness (QED) is 0.708. The van der Waals surface area contributed by atoms with Gasteiger partial charge in [0.2, 0.25) is 0 Å². The molecule has 0 amide bonds. The van der Waals surface area contributed by atoms with E-state index in [1.165, 1.54) is 0 Å². The maximum Gasteiger partial charge on any atom is 0.309 e. The molecule has 2 unspecified atom stereocenters. The lowest BCUT2D eigenvalue weighted by molar-refractivity contribution is -0.161. The normalized spacial score (nSPS) is 30.8. The lowest BCUT2D eigenvalue weighted by Crippen LogP contribution is -2.45. The average molecular weight is 200 g/mol. The zero-order valence-electron chi connectivity index (χ0n) is 8.32. The first-order valence-electron chi connectivity index (χ1n) is 4.94. The van der Waals surface area contributed by atoms with Crippen molar-refractivity contribution in [2.75, 3.05) is 0 Å². The minimum Gasteiger partial charge on any atom is -0.481 e. The molecule has 0 aromatic heterocycles. The Morgan fingerprint density at radius 1 is 1.43 bits per heavy atom. The molecule has 0 heterocycles. The third kappa shape index (κ3) is 1.89. The fourth-order valence-electron chi connectivity index (χ4n) is 2.13. The highest BCUT2D eigenvalue weighted by molar-refractivity contribution is 5.76. The van der Waals surface area contributed by atoms with E-state index in [0.29, 0.717) is 19.3 Å². The van der Waals surface area contributed by atoms with Crippen molar-refractivity contribution < 1.29 is 19.8 Å². The van der Waals surface area contributed by atoms with E-state index in [0.717, 1.165) is 6.42 Å². The van der Waals surface area contributed by atoms with Gasteiger partial charge in [0.25, 0.3) is 0 Å². The van der Waals surface area contributed by atoms with Crippen LogP contribution in [-0.2, 0) is 9.59 Å². The topological polar surface area (TPSA) is 74.6 Å². The van der Waals surface area contributed by atoms with Gasteiger partial charge in [0.1, 0.15) is 0 Å². The molecular weight excluding hydrogens is 184 g/mol. The Morgan fingerprint density at radius 2 is 2.07 bits per heavy atom. The minimum atomic E-state index is -0.850. The van der Waals surface area contributed by atoms with Crippen LogP contribution in [0.5, 0.6) is 0 Å². The van der Waals surface area contributed by atoms with E-state index in [-0.39, 0.29) is 12.3 Å². The summed E-state index contributed by atoms with van der Waals surface area (Å²) in [5, 5.41) is 17.5. The Balaban J connectivity index is 2.46. The molecule has 1 aliphatic rings. The van der Waals surface area contributed by atoms with Gasteiger partial charge in [-0.05, 0) is 31.6 Å². The van der Waals surface area contributed by atoms with Crippen LogP contribution < -0.4 is 0 Å². The Kier molecular flexibility index (Phi) is 3.13. The molecule has 1 fully saturated rings. The lowest BCUT2D eigenvalue weighted by Gasteiger charge is -2.44. The van der Waals surface area contributed by atoms with E-state index in [1.807, 2.05) is 6.92 Å². The van der Waals surface area contributed by atoms with Gasteiger partial charge in [0.15, 0.2) is 0 Å². The summed E-state index contributed by atoms with van der Waals surface area (Å²) in [6.45, 7) is 1.93. The number of carbonyl (C=O) groups is 2. The number of aliphatic carboxylic acids is 2. The molecule has 1 saturated carbocycles. The first-order valence-corrected chi connectivity index (χ1v) is 4.94. The molecule has 14 heavy (non-hydrogen) atoms. The van der Waals surface area contributed by atoms with Gasteiger partial charge in [-0.3, -0.25) is 9.59 Å². The van der Waals surface area contributed by atoms with Gasteiger partial charge in [0.05, 0.1) is 5.41 Å². The zero-order valence-corrected chi connectivity index (χ0v) is 8.32. The minimum absolute atomic E-state index is 0.0712. The van der Waals surface area contributed by atoms with Gasteiger partial charge >= 0.3 is 11.9 Å². The Bertz CT molecular complexity index is 249. The van der Waals surface area contributed by atoms with Crippen molar-refractivity contribution >= 4 is 11.9 Å². The average Bonchev–Trinajstić information content (AvgIpc) is 2.08. The summed E-state index contributed by atoms with van der Waals surface area (Å²) in [7, 11) is 0. The number of rotatable bonds is 5. The fraction of sp³-hybridized carbons (Fsp3) is 0.800. The summed E-state index contributed by atoms with van der Waals surface area (Å²) in [4.78, 5) is 21.3. The SMILES string of the molecule is CC1CCC1(CCCC(=O)O)C(=O)O. The van der Waals surface area contributed by atoms with E-state index in [1.54, 1.807) is 0 Å². The van der Waals surface area contributed by atoms with Crippen LogP contribution in [0.1, 0.15) is 39.0 Å². The van der Waals surface area contributed by atoms with Crippen LogP contribution in [0, 0.1) is 11.3 Å². The van der Waals surface area contributed by atoms with E-state index in [9.17, 15) is 9.59 Å². The highest BCUT2D eigenvalue weighted by Gasteiger charge is 2.49. The second kappa shape index (κ2) is 3.98. The molecule has 80 valence electrons. The van der Waals surface area contributed by atoms with Gasteiger partial charge < -0.3 is 10.2 Å². The molecule has 0 aromatic carbocycles. The van der Waals surface area contributed by atoms with Gasteiger partial charge in [-0.25, -0.2) is 0 Å². The standard InChI is InChI=1S/C10H16O4/c1-7-4-6-10(7,9(13)14)5-2-3-8(11)12/h7H,2-6H2,1H3,(H,11,12)(H,13,14). The summed E-state index contributed by atoms with van der Waals surface area (Å²) >= 11 is 0. The molecular formula is C10H16O4. The van der Waals surface area contributed by atoms with Crippen LogP contribution in [0.3, 0.4) is 0 Å². The largest absolute Gasteiger partial charge is 0.481 e.